The molecule has 0 bridgehead atoms. The molecule has 1 N–H and O–H groups in total. The van der Waals surface area contributed by atoms with Gasteiger partial charge >= 0.3 is 0 Å². The largest absolute Gasteiger partial charge is 0.331 e. The van der Waals surface area contributed by atoms with Crippen LogP contribution in [0.25, 0.3) is 5.69 Å². The van der Waals surface area contributed by atoms with Gasteiger partial charge in [0.25, 0.3) is 11.5 Å². The molecule has 0 atom stereocenters. The molecular weight excluding hydrogens is 450 g/mol. The molecule has 6 heteroatoms. The predicted molar refractivity (Wildman–Crippen MR) is 145 cm³/mol. The van der Waals surface area contributed by atoms with E-state index in [1.165, 1.54) is 23.1 Å². The summed E-state index contributed by atoms with van der Waals surface area (Å²) in [5.41, 5.74) is 3.92. The van der Waals surface area contributed by atoms with Crippen LogP contribution in [0.5, 0.6) is 0 Å². The Bertz CT molecular complexity index is 1220. The smallest absolute Gasteiger partial charge is 0.282 e. The molecule has 0 saturated carbocycles. The van der Waals surface area contributed by atoms with E-state index in [-0.39, 0.29) is 29.4 Å². The van der Waals surface area contributed by atoms with E-state index >= 15 is 0 Å². The lowest BCUT2D eigenvalue weighted by Crippen LogP contribution is -2.38. The fourth-order valence-electron chi connectivity index (χ4n) is 4.57. The van der Waals surface area contributed by atoms with Crippen LogP contribution in [0.15, 0.2) is 53.3 Å². The van der Waals surface area contributed by atoms with Gasteiger partial charge in [-0.05, 0) is 61.4 Å². The van der Waals surface area contributed by atoms with Gasteiger partial charge < -0.3 is 4.90 Å². The molecule has 0 aliphatic rings. The van der Waals surface area contributed by atoms with Crippen molar-refractivity contribution in [3.63, 3.8) is 0 Å². The maximum atomic E-state index is 13.4. The topological polar surface area (TPSA) is 75.2 Å². The molecule has 0 aliphatic carbocycles. The monoisotopic (exact) mass is 489 g/mol. The first kappa shape index (κ1) is 27.2. The highest BCUT2D eigenvalue weighted by Crippen LogP contribution is 2.16. The Morgan fingerprint density at radius 3 is 2.25 bits per heavy atom. The summed E-state index contributed by atoms with van der Waals surface area (Å²) in [5, 5.41) is 3.14. The molecule has 1 heterocycles. The lowest BCUT2D eigenvalue weighted by Gasteiger charge is -2.21. The zero-order valence-corrected chi connectivity index (χ0v) is 22.1. The van der Waals surface area contributed by atoms with Gasteiger partial charge in [-0.2, -0.15) is 0 Å². The Balaban J connectivity index is 1.85. The van der Waals surface area contributed by atoms with E-state index in [9.17, 15) is 14.4 Å². The quantitative estimate of drug-likeness (QED) is 0.245. The average molecular weight is 490 g/mol. The number of rotatable bonds is 13. The molecule has 1 amide bonds. The van der Waals surface area contributed by atoms with Crippen LogP contribution in [0.2, 0.25) is 0 Å². The van der Waals surface area contributed by atoms with Crippen LogP contribution in [0.1, 0.15) is 90.9 Å². The molecule has 0 fully saturated rings. The van der Waals surface area contributed by atoms with Gasteiger partial charge in [-0.15, -0.1) is 0 Å². The van der Waals surface area contributed by atoms with Crippen LogP contribution in [0, 0.1) is 0 Å². The maximum Gasteiger partial charge on any atom is 0.282 e. The number of hydrogen-bond donors (Lipinski definition) is 1. The fourth-order valence-corrected chi connectivity index (χ4v) is 4.57. The Morgan fingerprint density at radius 2 is 1.61 bits per heavy atom. The number of para-hydroxylation sites is 1. The van der Waals surface area contributed by atoms with Crippen LogP contribution < -0.4 is 5.56 Å². The number of carbonyl (C=O) groups excluding carboxylic acids is 2. The fraction of sp³-hybridized carbons (Fsp3) is 0.433. The van der Waals surface area contributed by atoms with Crippen molar-refractivity contribution in [2.24, 2.45) is 0 Å². The summed E-state index contributed by atoms with van der Waals surface area (Å²) >= 11 is 0. The normalized spacial score (nSPS) is 11.0. The van der Waals surface area contributed by atoms with Crippen molar-refractivity contribution in [1.82, 2.24) is 14.7 Å². The SMILES string of the molecule is CCCCCc1ccc(C(=O)N(CCC)CC(=O)c2c(CC)[nH]n(-c3ccccc3CC)c2=O)cc1. The van der Waals surface area contributed by atoms with E-state index in [0.29, 0.717) is 24.2 Å². The van der Waals surface area contributed by atoms with E-state index in [1.54, 1.807) is 4.90 Å². The van der Waals surface area contributed by atoms with E-state index < -0.39 is 0 Å². The molecule has 0 saturated heterocycles. The number of carbonyl (C=O) groups is 2. The zero-order valence-electron chi connectivity index (χ0n) is 22.1. The number of unbranched alkanes of at least 4 members (excludes halogenated alkanes) is 2. The van der Waals surface area contributed by atoms with Crippen molar-refractivity contribution >= 4 is 11.7 Å². The average Bonchev–Trinajstić information content (AvgIpc) is 3.24. The van der Waals surface area contributed by atoms with Gasteiger partial charge in [-0.1, -0.05) is 70.9 Å². The third kappa shape index (κ3) is 6.23. The number of amides is 1. The molecule has 3 rings (SSSR count). The molecule has 6 nitrogen and oxygen atoms in total. The highest BCUT2D eigenvalue weighted by atomic mass is 16.2. The van der Waals surface area contributed by atoms with Crippen molar-refractivity contribution in [2.75, 3.05) is 13.1 Å². The van der Waals surface area contributed by atoms with Crippen molar-refractivity contribution in [2.45, 2.75) is 72.6 Å². The lowest BCUT2D eigenvalue weighted by atomic mass is 10.0. The molecule has 0 spiro atoms. The van der Waals surface area contributed by atoms with Gasteiger partial charge in [-0.3, -0.25) is 19.5 Å². The van der Waals surface area contributed by atoms with E-state index in [2.05, 4.69) is 12.0 Å². The third-order valence-electron chi connectivity index (χ3n) is 6.60. The molecule has 36 heavy (non-hydrogen) atoms. The molecule has 0 unspecified atom stereocenters. The first-order valence-electron chi connectivity index (χ1n) is 13.3. The Labute approximate surface area is 214 Å². The summed E-state index contributed by atoms with van der Waals surface area (Å²) in [6.07, 6.45) is 6.50. The van der Waals surface area contributed by atoms with Gasteiger partial charge in [0.15, 0.2) is 5.78 Å². The van der Waals surface area contributed by atoms with Gasteiger partial charge in [0.05, 0.1) is 12.2 Å². The standard InChI is InChI=1S/C30H39N3O3/c1-5-9-10-13-22-16-18-24(19-17-22)29(35)32(20-6-2)21-27(34)28-25(8-4)31-33(30(28)36)26-15-12-11-14-23(26)7-3/h11-12,14-19,31H,5-10,13,20-21H2,1-4H3. The second-order valence-corrected chi connectivity index (χ2v) is 9.25. The Hall–Kier alpha value is -3.41. The summed E-state index contributed by atoms with van der Waals surface area (Å²) in [6, 6.07) is 15.4. The molecular formula is C30H39N3O3. The molecule has 0 radical (unpaired) electrons. The summed E-state index contributed by atoms with van der Waals surface area (Å²) in [4.78, 5) is 41.7. The predicted octanol–water partition coefficient (Wildman–Crippen LogP) is 5.76. The van der Waals surface area contributed by atoms with Crippen molar-refractivity contribution in [3.8, 4) is 5.69 Å². The number of aromatic nitrogens is 2. The van der Waals surface area contributed by atoms with Gasteiger partial charge in [-0.25, -0.2) is 4.68 Å². The number of H-pyrrole nitrogens is 1. The number of aryl methyl sites for hydroxylation is 3. The third-order valence-corrected chi connectivity index (χ3v) is 6.60. The minimum atomic E-state index is -0.363. The summed E-state index contributed by atoms with van der Waals surface area (Å²) in [6.45, 7) is 8.43. The zero-order chi connectivity index (χ0) is 26.1. The summed E-state index contributed by atoms with van der Waals surface area (Å²) < 4.78 is 1.47. The van der Waals surface area contributed by atoms with E-state index in [0.717, 1.165) is 36.9 Å². The number of Topliss-reactive ketones (excluding diaryl/α,β-unsaturated/α-hetero) is 1. The minimum Gasteiger partial charge on any atom is -0.331 e. The van der Waals surface area contributed by atoms with Crippen molar-refractivity contribution in [3.05, 3.63) is 86.8 Å². The first-order valence-corrected chi connectivity index (χ1v) is 13.3. The molecule has 3 aromatic rings. The van der Waals surface area contributed by atoms with Crippen molar-refractivity contribution in [1.29, 1.82) is 0 Å². The maximum absolute atomic E-state index is 13.4. The summed E-state index contributed by atoms with van der Waals surface area (Å²) in [5.74, 6) is -0.519. The van der Waals surface area contributed by atoms with Gasteiger partial charge in [0, 0.05) is 17.8 Å². The lowest BCUT2D eigenvalue weighted by molar-refractivity contribution is 0.0709. The van der Waals surface area contributed by atoms with E-state index in [1.807, 2.05) is 69.3 Å². The van der Waals surface area contributed by atoms with Crippen LogP contribution in [-0.4, -0.2) is 39.5 Å². The van der Waals surface area contributed by atoms with E-state index in [4.69, 9.17) is 0 Å². The number of nitrogens with zero attached hydrogens (tertiary/aromatic N) is 2. The molecule has 2 aromatic carbocycles. The minimum absolute atomic E-state index is 0.125. The van der Waals surface area contributed by atoms with Crippen molar-refractivity contribution < 1.29 is 9.59 Å². The number of benzene rings is 2. The van der Waals surface area contributed by atoms with Crippen LogP contribution >= 0.6 is 0 Å². The highest BCUT2D eigenvalue weighted by molar-refractivity contribution is 6.02. The first-order chi connectivity index (χ1) is 17.4. The second kappa shape index (κ2) is 13.1. The molecule has 1 aromatic heterocycles. The Kier molecular flexibility index (Phi) is 9.86. The van der Waals surface area contributed by atoms with Crippen LogP contribution in [-0.2, 0) is 19.3 Å². The Morgan fingerprint density at radius 1 is 0.889 bits per heavy atom. The van der Waals surface area contributed by atoms with Gasteiger partial charge in [0.2, 0.25) is 0 Å². The number of nitrogens with one attached hydrogen (secondary N) is 1. The van der Waals surface area contributed by atoms with Crippen LogP contribution in [0.3, 0.4) is 0 Å². The summed E-state index contributed by atoms with van der Waals surface area (Å²) in [7, 11) is 0. The second-order valence-electron chi connectivity index (χ2n) is 9.25. The molecule has 192 valence electrons. The number of hydrogen-bond acceptors (Lipinski definition) is 3. The van der Waals surface area contributed by atoms with Gasteiger partial charge in [0.1, 0.15) is 5.56 Å². The van der Waals surface area contributed by atoms with Crippen LogP contribution in [0.4, 0.5) is 0 Å². The molecule has 0 aliphatic heterocycles. The number of ketones is 1. The number of aromatic amines is 1. The highest BCUT2D eigenvalue weighted by Gasteiger charge is 2.25.